The molecular formula is C12H17N3O5. The van der Waals surface area contributed by atoms with E-state index in [-0.39, 0.29) is 19.1 Å². The van der Waals surface area contributed by atoms with E-state index in [2.05, 4.69) is 9.72 Å². The molecule has 0 radical (unpaired) electrons. The smallest absolute Gasteiger partial charge is 0.328 e. The van der Waals surface area contributed by atoms with E-state index in [0.29, 0.717) is 0 Å². The number of esters is 1. The number of ether oxygens (including phenoxy) is 1. The molecule has 0 saturated heterocycles. The van der Waals surface area contributed by atoms with Crippen LogP contribution in [0.5, 0.6) is 0 Å². The molecule has 0 aliphatic heterocycles. The van der Waals surface area contributed by atoms with E-state index in [1.807, 2.05) is 0 Å². The summed E-state index contributed by atoms with van der Waals surface area (Å²) >= 11 is 0. The second-order valence-corrected chi connectivity index (χ2v) is 4.43. The number of methoxy groups -OCH3 is 1. The summed E-state index contributed by atoms with van der Waals surface area (Å²) in [6.07, 6.45) is 1.23. The molecule has 0 bridgehead atoms. The lowest BCUT2D eigenvalue weighted by Crippen LogP contribution is -2.44. The topological polar surface area (TPSA) is 101 Å². The molecule has 0 aliphatic rings. The van der Waals surface area contributed by atoms with Crippen molar-refractivity contribution in [3.63, 3.8) is 0 Å². The number of carbonyl (C=O) groups excluding carboxylic acids is 2. The molecule has 1 N–H and O–H groups in total. The quantitative estimate of drug-likeness (QED) is 0.694. The van der Waals surface area contributed by atoms with E-state index >= 15 is 0 Å². The van der Waals surface area contributed by atoms with Crippen LogP contribution in [0.25, 0.3) is 0 Å². The second-order valence-electron chi connectivity index (χ2n) is 4.43. The van der Waals surface area contributed by atoms with Gasteiger partial charge in [-0.15, -0.1) is 0 Å². The van der Waals surface area contributed by atoms with Crippen molar-refractivity contribution in [3.8, 4) is 0 Å². The largest absolute Gasteiger partial charge is 0.468 e. The minimum atomic E-state index is -0.673. The highest BCUT2D eigenvalue weighted by Crippen LogP contribution is 2.01. The zero-order valence-corrected chi connectivity index (χ0v) is 11.6. The van der Waals surface area contributed by atoms with Crippen molar-refractivity contribution in [3.05, 3.63) is 33.1 Å². The average molecular weight is 283 g/mol. The highest BCUT2D eigenvalue weighted by Gasteiger charge is 2.21. The fourth-order valence-corrected chi connectivity index (χ4v) is 1.57. The first-order valence-electron chi connectivity index (χ1n) is 6.01. The molecule has 0 aliphatic carbocycles. The van der Waals surface area contributed by atoms with Crippen molar-refractivity contribution in [2.24, 2.45) is 0 Å². The molecule has 0 saturated carbocycles. The van der Waals surface area contributed by atoms with Crippen LogP contribution in [0.1, 0.15) is 13.8 Å². The van der Waals surface area contributed by atoms with Crippen LogP contribution in [-0.2, 0) is 20.9 Å². The van der Waals surface area contributed by atoms with Gasteiger partial charge in [0.05, 0.1) is 7.11 Å². The summed E-state index contributed by atoms with van der Waals surface area (Å²) in [6.45, 7) is 3.04. The van der Waals surface area contributed by atoms with Crippen LogP contribution in [-0.4, -0.2) is 46.0 Å². The third-order valence-corrected chi connectivity index (χ3v) is 2.67. The van der Waals surface area contributed by atoms with E-state index in [9.17, 15) is 19.2 Å². The zero-order chi connectivity index (χ0) is 15.3. The number of nitrogens with one attached hydrogen (secondary N) is 1. The van der Waals surface area contributed by atoms with Gasteiger partial charge in [-0.1, -0.05) is 0 Å². The Morgan fingerprint density at radius 3 is 2.55 bits per heavy atom. The number of carbonyl (C=O) groups is 2. The maximum atomic E-state index is 12.1. The van der Waals surface area contributed by atoms with Crippen molar-refractivity contribution < 1.29 is 14.3 Å². The molecule has 0 unspecified atom stereocenters. The number of hydrogen-bond donors (Lipinski definition) is 1. The van der Waals surface area contributed by atoms with E-state index in [4.69, 9.17) is 0 Å². The van der Waals surface area contributed by atoms with Crippen molar-refractivity contribution in [2.75, 3.05) is 13.7 Å². The van der Waals surface area contributed by atoms with Crippen LogP contribution in [0.4, 0.5) is 0 Å². The average Bonchev–Trinajstić information content (AvgIpc) is 2.38. The fourth-order valence-electron chi connectivity index (χ4n) is 1.57. The number of H-pyrrole nitrogens is 1. The number of rotatable bonds is 5. The molecule has 110 valence electrons. The highest BCUT2D eigenvalue weighted by atomic mass is 16.5. The Bertz CT molecular complexity index is 602. The maximum Gasteiger partial charge on any atom is 0.328 e. The number of aromatic amines is 1. The zero-order valence-electron chi connectivity index (χ0n) is 11.6. The van der Waals surface area contributed by atoms with Gasteiger partial charge in [-0.05, 0) is 13.8 Å². The lowest BCUT2D eigenvalue weighted by Gasteiger charge is -2.25. The molecule has 1 aromatic rings. The van der Waals surface area contributed by atoms with Crippen molar-refractivity contribution in [1.82, 2.24) is 14.5 Å². The Morgan fingerprint density at radius 2 is 2.05 bits per heavy atom. The molecule has 0 atom stereocenters. The van der Waals surface area contributed by atoms with Gasteiger partial charge in [-0.2, -0.15) is 0 Å². The summed E-state index contributed by atoms with van der Waals surface area (Å²) in [5.41, 5.74) is -1.21. The number of aromatic nitrogens is 2. The molecular weight excluding hydrogens is 266 g/mol. The van der Waals surface area contributed by atoms with Gasteiger partial charge in [0.2, 0.25) is 5.91 Å². The van der Waals surface area contributed by atoms with Crippen molar-refractivity contribution in [2.45, 2.75) is 26.4 Å². The molecule has 1 rings (SSSR count). The normalized spacial score (nSPS) is 10.4. The van der Waals surface area contributed by atoms with Crippen LogP contribution >= 0.6 is 0 Å². The van der Waals surface area contributed by atoms with E-state index in [0.717, 1.165) is 10.6 Å². The van der Waals surface area contributed by atoms with Gasteiger partial charge >= 0.3 is 11.7 Å². The lowest BCUT2D eigenvalue weighted by molar-refractivity contribution is -0.148. The van der Waals surface area contributed by atoms with E-state index in [1.165, 1.54) is 18.2 Å². The predicted octanol–water partition coefficient (Wildman–Crippen LogP) is -1.05. The van der Waals surface area contributed by atoms with E-state index in [1.54, 1.807) is 13.8 Å². The third-order valence-electron chi connectivity index (χ3n) is 2.67. The molecule has 1 aromatic heterocycles. The summed E-state index contributed by atoms with van der Waals surface area (Å²) < 4.78 is 5.59. The van der Waals surface area contributed by atoms with Crippen LogP contribution in [0, 0.1) is 0 Å². The van der Waals surface area contributed by atoms with Gasteiger partial charge in [-0.25, -0.2) is 4.79 Å². The molecule has 1 heterocycles. The maximum absolute atomic E-state index is 12.1. The minimum Gasteiger partial charge on any atom is -0.468 e. The van der Waals surface area contributed by atoms with Crippen molar-refractivity contribution >= 4 is 11.9 Å². The molecule has 0 fully saturated rings. The summed E-state index contributed by atoms with van der Waals surface area (Å²) in [7, 11) is 1.23. The van der Waals surface area contributed by atoms with Gasteiger partial charge in [-0.3, -0.25) is 23.9 Å². The Balaban J connectivity index is 2.88. The Labute approximate surface area is 115 Å². The third kappa shape index (κ3) is 4.08. The molecule has 1 amide bonds. The van der Waals surface area contributed by atoms with Crippen LogP contribution in [0.15, 0.2) is 21.9 Å². The molecule has 20 heavy (non-hydrogen) atoms. The van der Waals surface area contributed by atoms with Gasteiger partial charge in [0.25, 0.3) is 5.56 Å². The number of hydrogen-bond acceptors (Lipinski definition) is 5. The second kappa shape index (κ2) is 6.69. The first-order valence-corrected chi connectivity index (χ1v) is 6.01. The van der Waals surface area contributed by atoms with Crippen LogP contribution < -0.4 is 11.2 Å². The highest BCUT2D eigenvalue weighted by molar-refractivity contribution is 5.82. The Hall–Kier alpha value is -2.38. The summed E-state index contributed by atoms with van der Waals surface area (Å²) in [5.74, 6) is -0.958. The minimum absolute atomic E-state index is 0.189. The SMILES string of the molecule is COC(=O)CN(C(=O)Cn1ccc(=O)[nH]c1=O)C(C)C. The van der Waals surface area contributed by atoms with Gasteiger partial charge in [0.1, 0.15) is 13.1 Å². The molecule has 8 heteroatoms. The monoisotopic (exact) mass is 283 g/mol. The summed E-state index contributed by atoms with van der Waals surface area (Å²) in [5, 5.41) is 0. The molecule has 0 aromatic carbocycles. The predicted molar refractivity (Wildman–Crippen MR) is 70.2 cm³/mol. The van der Waals surface area contributed by atoms with Gasteiger partial charge in [0, 0.05) is 18.3 Å². The number of nitrogens with zero attached hydrogens (tertiary/aromatic N) is 2. The fraction of sp³-hybridized carbons (Fsp3) is 0.500. The first-order chi connectivity index (χ1) is 9.35. The molecule has 0 spiro atoms. The molecule has 8 nitrogen and oxygen atoms in total. The van der Waals surface area contributed by atoms with Crippen molar-refractivity contribution in [1.29, 1.82) is 0 Å². The summed E-state index contributed by atoms with van der Waals surface area (Å²) in [4.78, 5) is 49.1. The van der Waals surface area contributed by atoms with E-state index < -0.39 is 23.1 Å². The van der Waals surface area contributed by atoms with Crippen LogP contribution in [0.3, 0.4) is 0 Å². The summed E-state index contributed by atoms with van der Waals surface area (Å²) in [6, 6.07) is 0.925. The van der Waals surface area contributed by atoms with Gasteiger partial charge < -0.3 is 9.64 Å². The Morgan fingerprint density at radius 1 is 1.40 bits per heavy atom. The standard InChI is InChI=1S/C12H17N3O5/c1-8(2)15(7-11(18)20-3)10(17)6-14-5-4-9(16)13-12(14)19/h4-5,8H,6-7H2,1-3H3,(H,13,16,19). The first kappa shape index (κ1) is 15.7. The Kier molecular flexibility index (Phi) is 5.24. The van der Waals surface area contributed by atoms with Gasteiger partial charge in [0.15, 0.2) is 0 Å². The number of amides is 1. The van der Waals surface area contributed by atoms with Crippen LogP contribution in [0.2, 0.25) is 0 Å². The lowest BCUT2D eigenvalue weighted by atomic mass is 10.3.